The number of anilines is 1. The summed E-state index contributed by atoms with van der Waals surface area (Å²) in [4.78, 5) is 2.31. The lowest BCUT2D eigenvalue weighted by atomic mass is 10.1. The summed E-state index contributed by atoms with van der Waals surface area (Å²) in [6.07, 6.45) is 2.30. The summed E-state index contributed by atoms with van der Waals surface area (Å²) in [6, 6.07) is 9.40. The number of hydrogen-bond acceptors (Lipinski definition) is 2. The molecule has 1 aromatic rings. The molecule has 2 nitrogen and oxygen atoms in total. The molecule has 0 fully saturated rings. The Labute approximate surface area is 106 Å². The average Bonchev–Trinajstić information content (AvgIpc) is 2.36. The van der Waals surface area contributed by atoms with Crippen LogP contribution in [0.15, 0.2) is 24.3 Å². The van der Waals surface area contributed by atoms with E-state index in [1.165, 1.54) is 17.7 Å². The van der Waals surface area contributed by atoms with E-state index in [0.29, 0.717) is 6.04 Å². The Morgan fingerprint density at radius 2 is 1.82 bits per heavy atom. The number of nitrogens with zero attached hydrogens (tertiary/aromatic N) is 1. The lowest BCUT2D eigenvalue weighted by Crippen LogP contribution is -2.37. The lowest BCUT2D eigenvalue weighted by molar-refractivity contribution is 0.544. The fraction of sp³-hybridized carbons (Fsp3) is 0.600. The van der Waals surface area contributed by atoms with Gasteiger partial charge in [-0.25, -0.2) is 0 Å². The van der Waals surface area contributed by atoms with Gasteiger partial charge in [0.15, 0.2) is 0 Å². The molecule has 1 rings (SSSR count). The lowest BCUT2D eigenvalue weighted by Gasteiger charge is -2.24. The number of rotatable bonds is 7. The molecule has 17 heavy (non-hydrogen) atoms. The minimum absolute atomic E-state index is 0.533. The molecule has 0 aliphatic rings. The van der Waals surface area contributed by atoms with Crippen LogP contribution in [0.25, 0.3) is 0 Å². The SMILES string of the molecule is CCCNC(C)CN(C)c1ccc(CC)cc1. The van der Waals surface area contributed by atoms with Crippen LogP contribution in [0.4, 0.5) is 5.69 Å². The number of likely N-dealkylation sites (N-methyl/N-ethyl adjacent to an activating group) is 1. The first-order valence-corrected chi connectivity index (χ1v) is 6.70. The Hall–Kier alpha value is -1.02. The zero-order valence-corrected chi connectivity index (χ0v) is 11.7. The second-order valence-electron chi connectivity index (χ2n) is 4.76. The van der Waals surface area contributed by atoms with Crippen LogP contribution in [-0.4, -0.2) is 26.2 Å². The van der Waals surface area contributed by atoms with Crippen LogP contribution < -0.4 is 10.2 Å². The molecule has 0 amide bonds. The standard InChI is InChI=1S/C15H26N2/c1-5-11-16-13(3)12-17(4)15-9-7-14(6-2)8-10-15/h7-10,13,16H,5-6,11-12H2,1-4H3. The molecule has 0 radical (unpaired) electrons. The van der Waals surface area contributed by atoms with Crippen LogP contribution in [0, 0.1) is 0 Å². The van der Waals surface area contributed by atoms with Gasteiger partial charge in [-0.15, -0.1) is 0 Å². The van der Waals surface area contributed by atoms with Crippen molar-refractivity contribution in [2.75, 3.05) is 25.0 Å². The average molecular weight is 234 g/mol. The number of benzene rings is 1. The summed E-state index contributed by atoms with van der Waals surface area (Å²) in [6.45, 7) is 8.78. The van der Waals surface area contributed by atoms with Crippen LogP contribution >= 0.6 is 0 Å². The van der Waals surface area contributed by atoms with Crippen LogP contribution in [-0.2, 0) is 6.42 Å². The van der Waals surface area contributed by atoms with Crippen molar-refractivity contribution in [1.29, 1.82) is 0 Å². The number of aryl methyl sites for hydroxylation is 1. The highest BCUT2D eigenvalue weighted by molar-refractivity contribution is 5.47. The molecule has 0 aliphatic heterocycles. The van der Waals surface area contributed by atoms with Gasteiger partial charge in [0.25, 0.3) is 0 Å². The Balaban J connectivity index is 2.47. The molecule has 0 heterocycles. The Morgan fingerprint density at radius 1 is 1.18 bits per heavy atom. The first kappa shape index (κ1) is 14.0. The smallest absolute Gasteiger partial charge is 0.0364 e. The van der Waals surface area contributed by atoms with Crippen molar-refractivity contribution in [2.24, 2.45) is 0 Å². The molecule has 1 aromatic carbocycles. The van der Waals surface area contributed by atoms with Crippen molar-refractivity contribution in [2.45, 2.75) is 39.7 Å². The molecule has 96 valence electrons. The van der Waals surface area contributed by atoms with Gasteiger partial charge in [-0.05, 0) is 44.0 Å². The van der Waals surface area contributed by atoms with E-state index in [1.54, 1.807) is 0 Å². The minimum atomic E-state index is 0.533. The zero-order valence-electron chi connectivity index (χ0n) is 11.7. The molecule has 0 aliphatic carbocycles. The van der Waals surface area contributed by atoms with Crippen LogP contribution in [0.3, 0.4) is 0 Å². The summed E-state index contributed by atoms with van der Waals surface area (Å²) in [5, 5.41) is 3.51. The Bertz CT molecular complexity index is 305. The van der Waals surface area contributed by atoms with Crippen molar-refractivity contribution in [3.05, 3.63) is 29.8 Å². The number of nitrogens with one attached hydrogen (secondary N) is 1. The van der Waals surface area contributed by atoms with Gasteiger partial charge < -0.3 is 10.2 Å². The molecule has 1 N–H and O–H groups in total. The molecule has 0 saturated heterocycles. The van der Waals surface area contributed by atoms with E-state index in [2.05, 4.69) is 62.3 Å². The largest absolute Gasteiger partial charge is 0.373 e. The molecule has 1 atom stereocenters. The zero-order chi connectivity index (χ0) is 12.7. The van der Waals surface area contributed by atoms with E-state index in [4.69, 9.17) is 0 Å². The van der Waals surface area contributed by atoms with E-state index in [1.807, 2.05) is 0 Å². The highest BCUT2D eigenvalue weighted by atomic mass is 15.1. The maximum absolute atomic E-state index is 3.51. The van der Waals surface area contributed by atoms with Crippen molar-refractivity contribution in [1.82, 2.24) is 5.32 Å². The summed E-state index contributed by atoms with van der Waals surface area (Å²) < 4.78 is 0. The van der Waals surface area contributed by atoms with E-state index in [0.717, 1.165) is 19.5 Å². The summed E-state index contributed by atoms with van der Waals surface area (Å²) in [5.41, 5.74) is 2.70. The normalized spacial score (nSPS) is 12.5. The summed E-state index contributed by atoms with van der Waals surface area (Å²) in [7, 11) is 2.16. The maximum Gasteiger partial charge on any atom is 0.0364 e. The van der Waals surface area contributed by atoms with Gasteiger partial charge in [0.1, 0.15) is 0 Å². The number of hydrogen-bond donors (Lipinski definition) is 1. The first-order valence-electron chi connectivity index (χ1n) is 6.70. The topological polar surface area (TPSA) is 15.3 Å². The molecule has 0 aromatic heterocycles. The summed E-state index contributed by atoms with van der Waals surface area (Å²) in [5.74, 6) is 0. The maximum atomic E-state index is 3.51. The molecule has 0 saturated carbocycles. The van der Waals surface area contributed by atoms with Gasteiger partial charge in [-0.1, -0.05) is 26.0 Å². The predicted molar refractivity (Wildman–Crippen MR) is 76.8 cm³/mol. The third-order valence-corrected chi connectivity index (χ3v) is 3.08. The Kier molecular flexibility index (Phi) is 6.06. The highest BCUT2D eigenvalue weighted by Gasteiger charge is 2.06. The highest BCUT2D eigenvalue weighted by Crippen LogP contribution is 2.14. The molecule has 1 unspecified atom stereocenters. The van der Waals surface area contributed by atoms with Gasteiger partial charge in [0, 0.05) is 25.3 Å². The van der Waals surface area contributed by atoms with Gasteiger partial charge in [0.2, 0.25) is 0 Å². The second kappa shape index (κ2) is 7.33. The van der Waals surface area contributed by atoms with Crippen LogP contribution in [0.2, 0.25) is 0 Å². The van der Waals surface area contributed by atoms with Crippen LogP contribution in [0.1, 0.15) is 32.8 Å². The predicted octanol–water partition coefficient (Wildman–Crippen LogP) is 3.07. The molecule has 0 bridgehead atoms. The third kappa shape index (κ3) is 4.78. The van der Waals surface area contributed by atoms with Crippen LogP contribution in [0.5, 0.6) is 0 Å². The first-order chi connectivity index (χ1) is 8.17. The van der Waals surface area contributed by atoms with Crippen molar-refractivity contribution < 1.29 is 0 Å². The van der Waals surface area contributed by atoms with Gasteiger partial charge in [-0.2, -0.15) is 0 Å². The van der Waals surface area contributed by atoms with Crippen molar-refractivity contribution in [3.63, 3.8) is 0 Å². The molecular weight excluding hydrogens is 208 g/mol. The quantitative estimate of drug-likeness (QED) is 0.780. The van der Waals surface area contributed by atoms with E-state index in [9.17, 15) is 0 Å². The molecule has 2 heteroatoms. The van der Waals surface area contributed by atoms with E-state index >= 15 is 0 Å². The van der Waals surface area contributed by atoms with Crippen molar-refractivity contribution in [3.8, 4) is 0 Å². The molecular formula is C15H26N2. The summed E-state index contributed by atoms with van der Waals surface area (Å²) >= 11 is 0. The fourth-order valence-corrected chi connectivity index (χ4v) is 1.96. The van der Waals surface area contributed by atoms with Gasteiger partial charge >= 0.3 is 0 Å². The second-order valence-corrected chi connectivity index (χ2v) is 4.76. The molecule has 0 spiro atoms. The van der Waals surface area contributed by atoms with E-state index in [-0.39, 0.29) is 0 Å². The van der Waals surface area contributed by atoms with Crippen molar-refractivity contribution >= 4 is 5.69 Å². The van der Waals surface area contributed by atoms with E-state index < -0.39 is 0 Å². The minimum Gasteiger partial charge on any atom is -0.373 e. The van der Waals surface area contributed by atoms with Gasteiger partial charge in [0.05, 0.1) is 0 Å². The third-order valence-electron chi connectivity index (χ3n) is 3.08. The monoisotopic (exact) mass is 234 g/mol. The van der Waals surface area contributed by atoms with Gasteiger partial charge in [-0.3, -0.25) is 0 Å². The fourth-order valence-electron chi connectivity index (χ4n) is 1.96. The Morgan fingerprint density at radius 3 is 2.35 bits per heavy atom.